The van der Waals surface area contributed by atoms with E-state index in [0.29, 0.717) is 11.5 Å². The molecule has 0 saturated heterocycles. The Bertz CT molecular complexity index is 929. The Labute approximate surface area is 143 Å². The molecule has 120 valence electrons. The predicted octanol–water partition coefficient (Wildman–Crippen LogP) is 4.09. The number of nitrogens with zero attached hydrogens (tertiary/aromatic N) is 4. The number of thioether (sulfide) groups is 1. The van der Waals surface area contributed by atoms with Crippen LogP contribution in [0.3, 0.4) is 0 Å². The summed E-state index contributed by atoms with van der Waals surface area (Å²) in [6.45, 7) is 3.76. The molecule has 3 rings (SSSR count). The molecule has 0 aliphatic rings. The molecular formula is C17H15N5OS. The molecule has 0 amide bonds. The zero-order valence-corrected chi connectivity index (χ0v) is 14.3. The average molecular weight is 337 g/mol. The molecule has 0 aliphatic carbocycles. The molecule has 6 nitrogen and oxygen atoms in total. The summed E-state index contributed by atoms with van der Waals surface area (Å²) in [5.74, 6) is 1.20. The molecule has 7 heteroatoms. The van der Waals surface area contributed by atoms with Crippen LogP contribution >= 0.6 is 11.8 Å². The van der Waals surface area contributed by atoms with Crippen molar-refractivity contribution in [2.24, 2.45) is 0 Å². The van der Waals surface area contributed by atoms with Crippen LogP contribution in [0.15, 0.2) is 40.0 Å². The first-order chi connectivity index (χ1) is 11.6. The van der Waals surface area contributed by atoms with Gasteiger partial charge < -0.3 is 9.84 Å². The van der Waals surface area contributed by atoms with Crippen molar-refractivity contribution >= 4 is 23.4 Å². The second kappa shape index (κ2) is 6.72. The maximum Gasteiger partial charge on any atom is 0.227 e. The number of aromatic nitrogens is 3. The molecule has 2 aromatic heterocycles. The fourth-order valence-electron chi connectivity index (χ4n) is 2.34. The fourth-order valence-corrected chi connectivity index (χ4v) is 2.90. The van der Waals surface area contributed by atoms with E-state index in [4.69, 9.17) is 9.78 Å². The van der Waals surface area contributed by atoms with Crippen molar-refractivity contribution in [2.45, 2.75) is 18.9 Å². The van der Waals surface area contributed by atoms with Crippen molar-refractivity contribution in [1.29, 1.82) is 5.26 Å². The molecule has 0 saturated carbocycles. The van der Waals surface area contributed by atoms with Crippen molar-refractivity contribution < 1.29 is 4.52 Å². The van der Waals surface area contributed by atoms with Crippen LogP contribution in [0.1, 0.15) is 16.9 Å². The van der Waals surface area contributed by atoms with Gasteiger partial charge in [0.2, 0.25) is 5.95 Å². The van der Waals surface area contributed by atoms with Gasteiger partial charge in [0.25, 0.3) is 0 Å². The van der Waals surface area contributed by atoms with Crippen LogP contribution in [-0.4, -0.2) is 21.4 Å². The van der Waals surface area contributed by atoms with E-state index in [2.05, 4.69) is 26.5 Å². The summed E-state index contributed by atoms with van der Waals surface area (Å²) in [5, 5.41) is 17.0. The highest BCUT2D eigenvalue weighted by Gasteiger charge is 2.16. The van der Waals surface area contributed by atoms with Gasteiger partial charge >= 0.3 is 0 Å². The van der Waals surface area contributed by atoms with Crippen LogP contribution in [0.2, 0.25) is 0 Å². The SMILES string of the molecule is CSc1noc(C)c1-c1ccnc(Nc2ccc(C#N)c(C)c2)n1. The third-order valence-electron chi connectivity index (χ3n) is 3.54. The standard InChI is InChI=1S/C17H15N5OS/c1-10-8-13(5-4-12(10)9-18)20-17-19-7-6-14(21-17)15-11(2)23-22-16(15)24-3/h4-8H,1-3H3,(H,19,20,21). The summed E-state index contributed by atoms with van der Waals surface area (Å²) in [6, 6.07) is 9.49. The summed E-state index contributed by atoms with van der Waals surface area (Å²) >= 11 is 1.51. The van der Waals surface area contributed by atoms with Gasteiger partial charge in [0.05, 0.1) is 22.9 Å². The molecule has 0 fully saturated rings. The summed E-state index contributed by atoms with van der Waals surface area (Å²) in [7, 11) is 0. The molecule has 2 heterocycles. The number of rotatable bonds is 4. The molecule has 1 N–H and O–H groups in total. The summed E-state index contributed by atoms with van der Waals surface area (Å²) < 4.78 is 5.26. The fraction of sp³-hybridized carbons (Fsp3) is 0.176. The van der Waals surface area contributed by atoms with Crippen molar-refractivity contribution in [3.05, 3.63) is 47.3 Å². The van der Waals surface area contributed by atoms with Crippen molar-refractivity contribution in [3.63, 3.8) is 0 Å². The van der Waals surface area contributed by atoms with Gasteiger partial charge in [-0.05, 0) is 49.9 Å². The molecule has 1 aromatic carbocycles. The zero-order chi connectivity index (χ0) is 17.1. The van der Waals surface area contributed by atoms with Crippen LogP contribution < -0.4 is 5.32 Å². The van der Waals surface area contributed by atoms with Gasteiger partial charge in [0, 0.05) is 11.9 Å². The Morgan fingerprint density at radius 2 is 2.08 bits per heavy atom. The number of aryl methyl sites for hydroxylation is 2. The summed E-state index contributed by atoms with van der Waals surface area (Å²) in [5.41, 5.74) is 4.01. The van der Waals surface area contributed by atoms with Crippen LogP contribution in [0, 0.1) is 25.2 Å². The number of nitriles is 1. The van der Waals surface area contributed by atoms with E-state index in [1.165, 1.54) is 11.8 Å². The van der Waals surface area contributed by atoms with Crippen LogP contribution in [0.5, 0.6) is 0 Å². The van der Waals surface area contributed by atoms with E-state index < -0.39 is 0 Å². The molecule has 0 radical (unpaired) electrons. The van der Waals surface area contributed by atoms with Crippen LogP contribution in [0.25, 0.3) is 11.3 Å². The van der Waals surface area contributed by atoms with Crippen LogP contribution in [-0.2, 0) is 0 Å². The molecule has 0 spiro atoms. The highest BCUT2D eigenvalue weighted by atomic mass is 32.2. The number of benzene rings is 1. The smallest absolute Gasteiger partial charge is 0.227 e. The Morgan fingerprint density at radius 3 is 2.79 bits per heavy atom. The minimum absolute atomic E-state index is 0.476. The molecule has 24 heavy (non-hydrogen) atoms. The number of nitrogens with one attached hydrogen (secondary N) is 1. The van der Waals surface area contributed by atoms with Gasteiger partial charge in [-0.15, -0.1) is 11.8 Å². The maximum absolute atomic E-state index is 9.00. The molecular weight excluding hydrogens is 322 g/mol. The molecule has 0 bridgehead atoms. The molecule has 0 unspecified atom stereocenters. The lowest BCUT2D eigenvalue weighted by Crippen LogP contribution is -1.99. The second-order valence-electron chi connectivity index (χ2n) is 5.16. The lowest BCUT2D eigenvalue weighted by Gasteiger charge is -2.08. The van der Waals surface area contributed by atoms with E-state index in [-0.39, 0.29) is 0 Å². The zero-order valence-electron chi connectivity index (χ0n) is 13.5. The summed E-state index contributed by atoms with van der Waals surface area (Å²) in [6.07, 6.45) is 3.64. The number of hydrogen-bond acceptors (Lipinski definition) is 7. The Balaban J connectivity index is 1.93. The highest BCUT2D eigenvalue weighted by molar-refractivity contribution is 7.98. The van der Waals surface area contributed by atoms with Gasteiger partial charge in [-0.2, -0.15) is 5.26 Å². The lowest BCUT2D eigenvalue weighted by molar-refractivity contribution is 0.384. The van der Waals surface area contributed by atoms with E-state index >= 15 is 0 Å². The molecule has 0 atom stereocenters. The first kappa shape index (κ1) is 16.0. The Morgan fingerprint density at radius 1 is 1.25 bits per heavy atom. The summed E-state index contributed by atoms with van der Waals surface area (Å²) in [4.78, 5) is 8.81. The Hall–Kier alpha value is -2.85. The highest BCUT2D eigenvalue weighted by Crippen LogP contribution is 2.31. The molecule has 3 aromatic rings. The van der Waals surface area contributed by atoms with E-state index in [9.17, 15) is 0 Å². The van der Waals surface area contributed by atoms with Crippen LogP contribution in [0.4, 0.5) is 11.6 Å². The van der Waals surface area contributed by atoms with Gasteiger partial charge in [0.15, 0.2) is 0 Å². The third kappa shape index (κ3) is 3.09. The van der Waals surface area contributed by atoms with Gasteiger partial charge in [-0.3, -0.25) is 0 Å². The first-order valence-corrected chi connectivity index (χ1v) is 8.46. The van der Waals surface area contributed by atoms with Gasteiger partial charge in [-0.25, -0.2) is 9.97 Å². The van der Waals surface area contributed by atoms with Gasteiger partial charge in [-0.1, -0.05) is 5.16 Å². The topological polar surface area (TPSA) is 87.6 Å². The minimum Gasteiger partial charge on any atom is -0.360 e. The quantitative estimate of drug-likeness (QED) is 0.717. The van der Waals surface area contributed by atoms with E-state index in [1.54, 1.807) is 12.3 Å². The van der Waals surface area contributed by atoms with Crippen molar-refractivity contribution in [1.82, 2.24) is 15.1 Å². The minimum atomic E-state index is 0.476. The van der Waals surface area contributed by atoms with Gasteiger partial charge in [0.1, 0.15) is 10.8 Å². The second-order valence-corrected chi connectivity index (χ2v) is 5.95. The van der Waals surface area contributed by atoms with E-state index in [1.807, 2.05) is 38.3 Å². The largest absolute Gasteiger partial charge is 0.360 e. The third-order valence-corrected chi connectivity index (χ3v) is 4.20. The average Bonchev–Trinajstić information content (AvgIpc) is 2.96. The number of anilines is 2. The Kier molecular flexibility index (Phi) is 4.49. The molecule has 0 aliphatic heterocycles. The normalized spacial score (nSPS) is 10.4. The predicted molar refractivity (Wildman–Crippen MR) is 93.2 cm³/mol. The number of hydrogen-bond donors (Lipinski definition) is 1. The van der Waals surface area contributed by atoms with Crippen molar-refractivity contribution in [3.8, 4) is 17.3 Å². The maximum atomic E-state index is 9.00. The van der Waals surface area contributed by atoms with Crippen molar-refractivity contribution in [2.75, 3.05) is 11.6 Å². The first-order valence-electron chi connectivity index (χ1n) is 7.24. The monoisotopic (exact) mass is 337 g/mol. The van der Waals surface area contributed by atoms with E-state index in [0.717, 1.165) is 33.3 Å². The lowest BCUT2D eigenvalue weighted by atomic mass is 10.1.